The number of nitrogens with two attached hydrogens (primary N) is 1. The number of benzene rings is 1. The molecule has 0 atom stereocenters. The van der Waals surface area contributed by atoms with Crippen LogP contribution in [0.4, 0.5) is 11.4 Å². The van der Waals surface area contributed by atoms with Gasteiger partial charge in [-0.15, -0.1) is 0 Å². The summed E-state index contributed by atoms with van der Waals surface area (Å²) in [5, 5.41) is 12.1. The molecule has 0 spiro atoms. The van der Waals surface area contributed by atoms with E-state index in [0.29, 0.717) is 17.8 Å². The average molecular weight is 279 g/mol. The Morgan fingerprint density at radius 2 is 2.05 bits per heavy atom. The first-order chi connectivity index (χ1) is 9.36. The minimum absolute atomic E-state index is 0.0434. The zero-order valence-electron chi connectivity index (χ0n) is 12.5. The standard InChI is InChI=1S/C15H25N3O2/c1-15(2,11-19)18(3)10-6-9-14(20)17-13-8-5-4-7-12(13)16/h4-5,7-8,19H,6,9-11,16H2,1-3H3,(H,17,20). The number of nitrogens with zero attached hydrogens (tertiary/aromatic N) is 1. The van der Waals surface area contributed by atoms with Crippen LogP contribution in [0, 0.1) is 0 Å². The van der Waals surface area contributed by atoms with Crippen molar-refractivity contribution in [3.8, 4) is 0 Å². The molecule has 1 rings (SSSR count). The van der Waals surface area contributed by atoms with Crippen LogP contribution in [0.1, 0.15) is 26.7 Å². The summed E-state index contributed by atoms with van der Waals surface area (Å²) in [6.07, 6.45) is 1.17. The van der Waals surface area contributed by atoms with E-state index in [1.54, 1.807) is 12.1 Å². The van der Waals surface area contributed by atoms with Crippen LogP contribution in [0.25, 0.3) is 0 Å². The lowest BCUT2D eigenvalue weighted by Crippen LogP contribution is -2.44. The highest BCUT2D eigenvalue weighted by atomic mass is 16.3. The van der Waals surface area contributed by atoms with Crippen LogP contribution in [0.3, 0.4) is 0 Å². The third-order valence-corrected chi connectivity index (χ3v) is 3.55. The minimum atomic E-state index is -0.264. The van der Waals surface area contributed by atoms with E-state index < -0.39 is 0 Å². The molecule has 0 aliphatic heterocycles. The molecule has 112 valence electrons. The molecule has 1 aromatic rings. The number of hydrogen-bond acceptors (Lipinski definition) is 4. The Morgan fingerprint density at radius 1 is 1.40 bits per heavy atom. The van der Waals surface area contributed by atoms with Gasteiger partial charge < -0.3 is 16.2 Å². The molecule has 0 heterocycles. The van der Waals surface area contributed by atoms with Crippen molar-refractivity contribution in [1.29, 1.82) is 0 Å². The van der Waals surface area contributed by atoms with Crippen LogP contribution in [0.5, 0.6) is 0 Å². The molecule has 1 aromatic carbocycles. The molecule has 1 amide bonds. The predicted molar refractivity (Wildman–Crippen MR) is 82.5 cm³/mol. The number of nitrogens with one attached hydrogen (secondary N) is 1. The lowest BCUT2D eigenvalue weighted by molar-refractivity contribution is -0.116. The molecular weight excluding hydrogens is 254 g/mol. The van der Waals surface area contributed by atoms with Gasteiger partial charge in [0.2, 0.25) is 5.91 Å². The maximum absolute atomic E-state index is 11.8. The summed E-state index contributed by atoms with van der Waals surface area (Å²) in [6, 6.07) is 7.21. The molecule has 20 heavy (non-hydrogen) atoms. The first kappa shape index (κ1) is 16.5. The number of aliphatic hydroxyl groups excluding tert-OH is 1. The lowest BCUT2D eigenvalue weighted by atomic mass is 10.0. The second kappa shape index (κ2) is 7.26. The molecule has 0 bridgehead atoms. The molecule has 0 aliphatic rings. The van der Waals surface area contributed by atoms with E-state index >= 15 is 0 Å². The van der Waals surface area contributed by atoms with Crippen LogP contribution in [-0.4, -0.2) is 41.7 Å². The summed E-state index contributed by atoms with van der Waals surface area (Å²) < 4.78 is 0. The minimum Gasteiger partial charge on any atom is -0.397 e. The summed E-state index contributed by atoms with van der Waals surface area (Å²) >= 11 is 0. The number of anilines is 2. The summed E-state index contributed by atoms with van der Waals surface area (Å²) in [5.41, 5.74) is 6.73. The molecule has 0 fully saturated rings. The fourth-order valence-electron chi connectivity index (χ4n) is 1.72. The molecule has 5 heteroatoms. The lowest BCUT2D eigenvalue weighted by Gasteiger charge is -2.33. The first-order valence-electron chi connectivity index (χ1n) is 6.83. The number of aliphatic hydroxyl groups is 1. The van der Waals surface area contributed by atoms with E-state index in [2.05, 4.69) is 10.2 Å². The predicted octanol–water partition coefficient (Wildman–Crippen LogP) is 1.69. The van der Waals surface area contributed by atoms with E-state index in [-0.39, 0.29) is 18.1 Å². The molecule has 0 aliphatic carbocycles. The Labute approximate surface area is 120 Å². The molecule has 5 nitrogen and oxygen atoms in total. The SMILES string of the molecule is CN(CCCC(=O)Nc1ccccc1N)C(C)(C)CO. The van der Waals surface area contributed by atoms with Gasteiger partial charge in [-0.05, 0) is 46.0 Å². The van der Waals surface area contributed by atoms with E-state index in [1.807, 2.05) is 33.0 Å². The van der Waals surface area contributed by atoms with Crippen molar-refractivity contribution in [2.75, 3.05) is 31.2 Å². The van der Waals surface area contributed by atoms with Crippen LogP contribution >= 0.6 is 0 Å². The van der Waals surface area contributed by atoms with Crippen LogP contribution in [0.2, 0.25) is 0 Å². The van der Waals surface area contributed by atoms with Crippen LogP contribution in [-0.2, 0) is 4.79 Å². The maximum atomic E-state index is 11.8. The van der Waals surface area contributed by atoms with Crippen LogP contribution < -0.4 is 11.1 Å². The molecule has 0 saturated heterocycles. The van der Waals surface area contributed by atoms with E-state index in [0.717, 1.165) is 13.0 Å². The highest BCUT2D eigenvalue weighted by molar-refractivity contribution is 5.93. The Hall–Kier alpha value is -1.59. The van der Waals surface area contributed by atoms with Crippen molar-refractivity contribution in [1.82, 2.24) is 4.90 Å². The molecular formula is C15H25N3O2. The second-order valence-corrected chi connectivity index (χ2v) is 5.63. The monoisotopic (exact) mass is 279 g/mol. The zero-order valence-corrected chi connectivity index (χ0v) is 12.5. The summed E-state index contributed by atoms with van der Waals surface area (Å²) in [5.74, 6) is -0.0434. The van der Waals surface area contributed by atoms with Crippen molar-refractivity contribution in [2.45, 2.75) is 32.2 Å². The summed E-state index contributed by atoms with van der Waals surface area (Å²) in [4.78, 5) is 13.9. The number of carbonyl (C=O) groups is 1. The highest BCUT2D eigenvalue weighted by Crippen LogP contribution is 2.17. The largest absolute Gasteiger partial charge is 0.397 e. The van der Waals surface area contributed by atoms with Crippen molar-refractivity contribution < 1.29 is 9.90 Å². The quantitative estimate of drug-likeness (QED) is 0.664. The Kier molecular flexibility index (Phi) is 5.98. The van der Waals surface area contributed by atoms with E-state index in [4.69, 9.17) is 5.73 Å². The molecule has 0 saturated carbocycles. The summed E-state index contributed by atoms with van der Waals surface area (Å²) in [6.45, 7) is 4.79. The van der Waals surface area contributed by atoms with Gasteiger partial charge in [0, 0.05) is 12.0 Å². The number of carbonyl (C=O) groups excluding carboxylic acids is 1. The van der Waals surface area contributed by atoms with Gasteiger partial charge in [-0.1, -0.05) is 12.1 Å². The molecule has 0 aromatic heterocycles. The smallest absolute Gasteiger partial charge is 0.224 e. The van der Waals surface area contributed by atoms with Gasteiger partial charge in [0.25, 0.3) is 0 Å². The van der Waals surface area contributed by atoms with Crippen molar-refractivity contribution in [3.05, 3.63) is 24.3 Å². The van der Waals surface area contributed by atoms with E-state index in [1.165, 1.54) is 0 Å². The van der Waals surface area contributed by atoms with Gasteiger partial charge in [0.15, 0.2) is 0 Å². The second-order valence-electron chi connectivity index (χ2n) is 5.63. The van der Waals surface area contributed by atoms with Crippen LogP contribution in [0.15, 0.2) is 24.3 Å². The van der Waals surface area contributed by atoms with Crippen molar-refractivity contribution in [2.24, 2.45) is 0 Å². The normalized spacial score (nSPS) is 11.7. The number of amides is 1. The van der Waals surface area contributed by atoms with Gasteiger partial charge in [0.1, 0.15) is 0 Å². The molecule has 0 unspecified atom stereocenters. The third kappa shape index (κ3) is 4.83. The summed E-state index contributed by atoms with van der Waals surface area (Å²) in [7, 11) is 1.95. The number of nitrogen functional groups attached to an aromatic ring is 1. The number of likely N-dealkylation sites (N-methyl/N-ethyl adjacent to an activating group) is 1. The highest BCUT2D eigenvalue weighted by Gasteiger charge is 2.21. The maximum Gasteiger partial charge on any atom is 0.224 e. The molecule has 4 N–H and O–H groups in total. The van der Waals surface area contributed by atoms with Gasteiger partial charge in [-0.2, -0.15) is 0 Å². The fraction of sp³-hybridized carbons (Fsp3) is 0.533. The molecule has 0 radical (unpaired) electrons. The first-order valence-corrected chi connectivity index (χ1v) is 6.83. The number of rotatable bonds is 7. The van der Waals surface area contributed by atoms with Gasteiger partial charge in [-0.25, -0.2) is 0 Å². The number of hydrogen-bond donors (Lipinski definition) is 3. The average Bonchev–Trinajstić information content (AvgIpc) is 2.41. The van der Waals surface area contributed by atoms with Crippen molar-refractivity contribution >= 4 is 17.3 Å². The van der Waals surface area contributed by atoms with Gasteiger partial charge in [0.05, 0.1) is 18.0 Å². The van der Waals surface area contributed by atoms with Gasteiger partial charge in [-0.3, -0.25) is 9.69 Å². The fourth-order valence-corrected chi connectivity index (χ4v) is 1.72. The van der Waals surface area contributed by atoms with E-state index in [9.17, 15) is 9.90 Å². The number of para-hydroxylation sites is 2. The third-order valence-electron chi connectivity index (χ3n) is 3.55. The van der Waals surface area contributed by atoms with Gasteiger partial charge >= 0.3 is 0 Å². The zero-order chi connectivity index (χ0) is 15.2. The Balaban J connectivity index is 2.36. The van der Waals surface area contributed by atoms with Crippen molar-refractivity contribution in [3.63, 3.8) is 0 Å². The Bertz CT molecular complexity index is 446. The Morgan fingerprint density at radius 3 is 2.65 bits per heavy atom. The topological polar surface area (TPSA) is 78.6 Å².